The molecule has 6 atom stereocenters. The van der Waals surface area contributed by atoms with Crippen molar-refractivity contribution in [3.8, 4) is 0 Å². The molecule has 0 aromatic rings. The molecule has 2 fully saturated rings. The molecule has 0 amide bonds. The van der Waals surface area contributed by atoms with Gasteiger partial charge in [-0.05, 0) is 67.1 Å². The molecule has 0 spiro atoms. The highest BCUT2D eigenvalue weighted by molar-refractivity contribution is 5.81. The first-order valence-corrected chi connectivity index (χ1v) is 11.9. The smallest absolute Gasteiger partial charge is 0.309 e. The van der Waals surface area contributed by atoms with Crippen LogP contribution >= 0.6 is 0 Å². The lowest BCUT2D eigenvalue weighted by atomic mass is 9.50. The van der Waals surface area contributed by atoms with E-state index < -0.39 is 17.8 Å². The van der Waals surface area contributed by atoms with Crippen LogP contribution in [0.25, 0.3) is 0 Å². The van der Waals surface area contributed by atoms with Gasteiger partial charge in [0.15, 0.2) is 0 Å². The minimum absolute atomic E-state index is 0.237. The molecule has 168 valence electrons. The van der Waals surface area contributed by atoms with Crippen LogP contribution in [0.2, 0.25) is 0 Å². The highest BCUT2D eigenvalue weighted by Crippen LogP contribution is 2.57. The molecule has 2 saturated carbocycles. The van der Waals surface area contributed by atoms with E-state index in [1.165, 1.54) is 25.7 Å². The van der Waals surface area contributed by atoms with Crippen molar-refractivity contribution in [3.05, 3.63) is 0 Å². The number of hydrogen-bond acceptors (Lipinski definition) is 3. The topological polar surface area (TPSA) is 63.6 Å². The normalized spacial score (nSPS) is 37.1. The van der Waals surface area contributed by atoms with Gasteiger partial charge in [-0.2, -0.15) is 0 Å². The van der Waals surface area contributed by atoms with E-state index in [1.807, 2.05) is 0 Å². The number of carbonyl (C=O) groups is 2. The largest absolute Gasteiger partial charge is 0.481 e. The molecular formula is C25H44O4. The molecule has 0 aromatic heterocycles. The van der Waals surface area contributed by atoms with E-state index in [4.69, 9.17) is 4.74 Å². The summed E-state index contributed by atoms with van der Waals surface area (Å²) in [6.07, 6.45) is 9.35. The average molecular weight is 409 g/mol. The Labute approximate surface area is 178 Å². The van der Waals surface area contributed by atoms with Crippen LogP contribution in [0.5, 0.6) is 0 Å². The van der Waals surface area contributed by atoms with Crippen LogP contribution in [0, 0.1) is 40.4 Å². The Morgan fingerprint density at radius 1 is 1.03 bits per heavy atom. The van der Waals surface area contributed by atoms with Gasteiger partial charge in [0, 0.05) is 0 Å². The van der Waals surface area contributed by atoms with Crippen molar-refractivity contribution in [1.82, 2.24) is 0 Å². The van der Waals surface area contributed by atoms with Gasteiger partial charge >= 0.3 is 11.9 Å². The Balaban J connectivity index is 2.00. The molecule has 1 N–H and O–H groups in total. The van der Waals surface area contributed by atoms with Crippen molar-refractivity contribution >= 4 is 11.9 Å². The van der Waals surface area contributed by atoms with Crippen molar-refractivity contribution in [1.29, 1.82) is 0 Å². The molecule has 0 aromatic carbocycles. The maximum atomic E-state index is 12.8. The predicted octanol–water partition coefficient (Wildman–Crippen LogP) is 6.33. The number of unbranched alkanes of at least 4 members (excludes halogenated alkanes) is 2. The van der Waals surface area contributed by atoms with Crippen molar-refractivity contribution < 1.29 is 19.4 Å². The first kappa shape index (κ1) is 24.2. The van der Waals surface area contributed by atoms with Gasteiger partial charge in [-0.1, -0.05) is 60.8 Å². The van der Waals surface area contributed by atoms with Crippen LogP contribution in [-0.2, 0) is 14.3 Å². The molecule has 2 aliphatic rings. The Bertz CT molecular complexity index is 569. The first-order chi connectivity index (χ1) is 13.5. The zero-order chi connectivity index (χ0) is 21.8. The Kier molecular flexibility index (Phi) is 8.21. The standard InChI is InChI=1S/C25H44O4/c1-7-8-9-13-25(6)18(3)19(12-14-24(25,4)5)16-29-23(28)20-11-10-17(2)15-21(20)22(26)27/h17-21H,7-16H2,1-6H3,(H,26,27). The quantitative estimate of drug-likeness (QED) is 0.377. The average Bonchev–Trinajstić information content (AvgIpc) is 2.66. The maximum Gasteiger partial charge on any atom is 0.309 e. The van der Waals surface area contributed by atoms with E-state index in [1.54, 1.807) is 0 Å². The first-order valence-electron chi connectivity index (χ1n) is 11.9. The van der Waals surface area contributed by atoms with Gasteiger partial charge in [0.2, 0.25) is 0 Å². The summed E-state index contributed by atoms with van der Waals surface area (Å²) < 4.78 is 5.79. The van der Waals surface area contributed by atoms with Gasteiger partial charge in [-0.15, -0.1) is 0 Å². The summed E-state index contributed by atoms with van der Waals surface area (Å²) >= 11 is 0. The molecule has 0 heterocycles. The van der Waals surface area contributed by atoms with Gasteiger partial charge in [0.25, 0.3) is 0 Å². The van der Waals surface area contributed by atoms with Crippen LogP contribution in [0.1, 0.15) is 99.3 Å². The van der Waals surface area contributed by atoms with Gasteiger partial charge < -0.3 is 9.84 Å². The number of aliphatic carboxylic acids is 1. The molecule has 0 saturated heterocycles. The van der Waals surface area contributed by atoms with E-state index >= 15 is 0 Å². The number of ether oxygens (including phenoxy) is 1. The summed E-state index contributed by atoms with van der Waals surface area (Å²) in [6, 6.07) is 0. The number of carbonyl (C=O) groups excluding carboxylic acids is 1. The maximum absolute atomic E-state index is 12.8. The summed E-state index contributed by atoms with van der Waals surface area (Å²) in [7, 11) is 0. The fourth-order valence-electron chi connectivity index (χ4n) is 5.99. The predicted molar refractivity (Wildman–Crippen MR) is 117 cm³/mol. The van der Waals surface area contributed by atoms with Crippen molar-refractivity contribution in [3.63, 3.8) is 0 Å². The van der Waals surface area contributed by atoms with Gasteiger partial charge in [-0.25, -0.2) is 0 Å². The third-order valence-corrected chi connectivity index (χ3v) is 8.87. The van der Waals surface area contributed by atoms with E-state index in [9.17, 15) is 14.7 Å². The van der Waals surface area contributed by atoms with E-state index in [-0.39, 0.29) is 16.8 Å². The molecule has 29 heavy (non-hydrogen) atoms. The van der Waals surface area contributed by atoms with E-state index in [2.05, 4.69) is 41.5 Å². The number of rotatable bonds is 8. The fourth-order valence-corrected chi connectivity index (χ4v) is 5.99. The molecule has 0 bridgehead atoms. The van der Waals surface area contributed by atoms with E-state index in [0.29, 0.717) is 37.2 Å². The summed E-state index contributed by atoms with van der Waals surface area (Å²) in [6.45, 7) is 14.3. The Morgan fingerprint density at radius 3 is 2.34 bits per heavy atom. The highest BCUT2D eigenvalue weighted by atomic mass is 16.5. The zero-order valence-corrected chi connectivity index (χ0v) is 19.6. The van der Waals surface area contributed by atoms with E-state index in [0.717, 1.165) is 19.3 Å². The fraction of sp³-hybridized carbons (Fsp3) is 0.920. The summed E-state index contributed by atoms with van der Waals surface area (Å²) in [5.74, 6) is -0.987. The molecule has 2 rings (SSSR count). The van der Waals surface area contributed by atoms with Gasteiger partial charge in [0.05, 0.1) is 18.4 Å². The lowest BCUT2D eigenvalue weighted by Gasteiger charge is -2.55. The van der Waals surface area contributed by atoms with Gasteiger partial charge in [0.1, 0.15) is 0 Å². The molecule has 4 nitrogen and oxygen atoms in total. The highest BCUT2D eigenvalue weighted by Gasteiger charge is 2.50. The SMILES string of the molecule is CCCCCC1(C)C(C)C(COC(=O)C2CCC(C)CC2C(=O)O)CCC1(C)C. The van der Waals surface area contributed by atoms with Crippen molar-refractivity contribution in [2.75, 3.05) is 6.61 Å². The molecule has 0 radical (unpaired) electrons. The molecule has 0 aliphatic heterocycles. The monoisotopic (exact) mass is 408 g/mol. The number of hydrogen-bond donors (Lipinski definition) is 1. The number of esters is 1. The second kappa shape index (κ2) is 9.83. The molecule has 6 unspecified atom stereocenters. The lowest BCUT2D eigenvalue weighted by Crippen LogP contribution is -2.49. The lowest BCUT2D eigenvalue weighted by molar-refractivity contribution is -0.164. The van der Waals surface area contributed by atoms with Crippen molar-refractivity contribution in [2.24, 2.45) is 40.4 Å². The second-order valence-corrected chi connectivity index (χ2v) is 10.9. The Morgan fingerprint density at radius 2 is 1.72 bits per heavy atom. The van der Waals surface area contributed by atoms with Crippen molar-refractivity contribution in [2.45, 2.75) is 99.3 Å². The van der Waals surface area contributed by atoms with Crippen LogP contribution in [-0.4, -0.2) is 23.7 Å². The molecule has 4 heteroatoms. The van der Waals surface area contributed by atoms with Gasteiger partial charge in [-0.3, -0.25) is 9.59 Å². The minimum Gasteiger partial charge on any atom is -0.481 e. The number of carboxylic acids is 1. The summed E-state index contributed by atoms with van der Waals surface area (Å²) in [5, 5.41) is 9.56. The Hall–Kier alpha value is -1.06. The summed E-state index contributed by atoms with van der Waals surface area (Å²) in [5.41, 5.74) is 0.524. The molecular weight excluding hydrogens is 364 g/mol. The van der Waals surface area contributed by atoms with Crippen LogP contribution in [0.4, 0.5) is 0 Å². The molecule has 2 aliphatic carbocycles. The van der Waals surface area contributed by atoms with Crippen LogP contribution in [0.3, 0.4) is 0 Å². The van der Waals surface area contributed by atoms with Crippen LogP contribution < -0.4 is 0 Å². The third kappa shape index (κ3) is 5.35. The van der Waals surface area contributed by atoms with Crippen LogP contribution in [0.15, 0.2) is 0 Å². The third-order valence-electron chi connectivity index (χ3n) is 8.87. The zero-order valence-electron chi connectivity index (χ0n) is 19.6. The minimum atomic E-state index is -0.852. The second-order valence-electron chi connectivity index (χ2n) is 10.9. The number of carboxylic acid groups (broad SMARTS) is 1. The summed E-state index contributed by atoms with van der Waals surface area (Å²) in [4.78, 5) is 24.4.